The topological polar surface area (TPSA) is 33.2 Å². The van der Waals surface area contributed by atoms with Gasteiger partial charge in [-0.15, -0.1) is 0 Å². The molecule has 1 amide bonds. The molecule has 1 aliphatic heterocycles. The predicted octanol–water partition coefficient (Wildman–Crippen LogP) is 2.00. The molecule has 2 rings (SSSR count). The molecular formula is C10H7F3N2O. The first kappa shape index (κ1) is 10.7. The first-order chi connectivity index (χ1) is 7.48. The van der Waals surface area contributed by atoms with Crippen molar-refractivity contribution in [2.45, 2.75) is 6.18 Å². The van der Waals surface area contributed by atoms with E-state index in [0.717, 1.165) is 18.3 Å². The fourth-order valence-corrected chi connectivity index (χ4v) is 1.39. The Morgan fingerprint density at radius 1 is 1.38 bits per heavy atom. The van der Waals surface area contributed by atoms with E-state index in [1.54, 1.807) is 6.08 Å². The van der Waals surface area contributed by atoms with E-state index in [2.05, 4.69) is 4.98 Å². The molecule has 16 heavy (non-hydrogen) atoms. The van der Waals surface area contributed by atoms with Crippen molar-refractivity contribution >= 4 is 11.7 Å². The van der Waals surface area contributed by atoms with Gasteiger partial charge >= 0.3 is 6.18 Å². The summed E-state index contributed by atoms with van der Waals surface area (Å²) in [4.78, 5) is 16.2. The van der Waals surface area contributed by atoms with E-state index in [1.165, 1.54) is 11.0 Å². The maximum Gasteiger partial charge on any atom is 0.416 e. The number of hydrogen-bond acceptors (Lipinski definition) is 2. The number of halogens is 3. The molecule has 1 aromatic heterocycles. The highest BCUT2D eigenvalue weighted by atomic mass is 19.4. The van der Waals surface area contributed by atoms with Crippen molar-refractivity contribution in [3.05, 3.63) is 36.0 Å². The van der Waals surface area contributed by atoms with Crippen LogP contribution in [-0.2, 0) is 11.0 Å². The minimum Gasteiger partial charge on any atom is -0.289 e. The van der Waals surface area contributed by atoms with Crippen molar-refractivity contribution in [1.82, 2.24) is 4.98 Å². The van der Waals surface area contributed by atoms with Gasteiger partial charge in [0.1, 0.15) is 5.82 Å². The lowest BCUT2D eigenvalue weighted by Gasteiger charge is -2.15. The minimum atomic E-state index is -4.42. The normalized spacial score (nSPS) is 15.9. The van der Waals surface area contributed by atoms with Gasteiger partial charge in [-0.05, 0) is 12.1 Å². The average Bonchev–Trinajstić information content (AvgIpc) is 2.63. The molecule has 1 aromatic rings. The third kappa shape index (κ3) is 1.91. The summed E-state index contributed by atoms with van der Waals surface area (Å²) in [7, 11) is 0. The van der Waals surface area contributed by atoms with Crippen LogP contribution in [0.1, 0.15) is 5.56 Å². The van der Waals surface area contributed by atoms with Crippen LogP contribution in [0.5, 0.6) is 0 Å². The highest BCUT2D eigenvalue weighted by molar-refractivity contribution is 6.03. The van der Waals surface area contributed by atoms with Crippen LogP contribution in [0.2, 0.25) is 0 Å². The number of anilines is 1. The van der Waals surface area contributed by atoms with Crippen molar-refractivity contribution in [3.8, 4) is 0 Å². The molecule has 0 spiro atoms. The van der Waals surface area contributed by atoms with Crippen molar-refractivity contribution in [2.24, 2.45) is 0 Å². The SMILES string of the molecule is O=C1C=CCN1c1cc(C(F)(F)F)ccn1. The Kier molecular flexibility index (Phi) is 2.41. The van der Waals surface area contributed by atoms with Crippen molar-refractivity contribution < 1.29 is 18.0 Å². The Balaban J connectivity index is 2.33. The van der Waals surface area contributed by atoms with E-state index in [9.17, 15) is 18.0 Å². The third-order valence-electron chi connectivity index (χ3n) is 2.16. The Morgan fingerprint density at radius 2 is 2.12 bits per heavy atom. The summed E-state index contributed by atoms with van der Waals surface area (Å²) in [6.45, 7) is 0.257. The van der Waals surface area contributed by atoms with E-state index in [-0.39, 0.29) is 18.3 Å². The number of carbonyl (C=O) groups excluding carboxylic acids is 1. The van der Waals surface area contributed by atoms with Gasteiger partial charge in [0.05, 0.1) is 5.56 Å². The summed E-state index contributed by atoms with van der Waals surface area (Å²) < 4.78 is 37.2. The number of aromatic nitrogens is 1. The Labute approximate surface area is 89.2 Å². The van der Waals surface area contributed by atoms with Gasteiger partial charge in [0.2, 0.25) is 0 Å². The molecule has 0 aromatic carbocycles. The standard InChI is InChI=1S/C10H7F3N2O/c11-10(12,13)7-3-4-14-8(6-7)15-5-1-2-9(15)16/h1-4,6H,5H2. The number of nitrogens with zero attached hydrogens (tertiary/aromatic N) is 2. The molecule has 84 valence electrons. The number of rotatable bonds is 1. The number of alkyl halides is 3. The first-order valence-corrected chi connectivity index (χ1v) is 4.50. The molecule has 0 radical (unpaired) electrons. The maximum absolute atomic E-state index is 12.4. The Hall–Kier alpha value is -1.85. The lowest BCUT2D eigenvalue weighted by atomic mass is 10.2. The average molecular weight is 228 g/mol. The van der Waals surface area contributed by atoms with Crippen molar-refractivity contribution in [2.75, 3.05) is 11.4 Å². The molecule has 2 heterocycles. The summed E-state index contributed by atoms with van der Waals surface area (Å²) in [5, 5.41) is 0. The molecule has 0 N–H and O–H groups in total. The quantitative estimate of drug-likeness (QED) is 0.736. The van der Waals surface area contributed by atoms with E-state index in [4.69, 9.17) is 0 Å². The molecular weight excluding hydrogens is 221 g/mol. The zero-order chi connectivity index (χ0) is 11.8. The number of carbonyl (C=O) groups is 1. The second kappa shape index (κ2) is 3.62. The van der Waals surface area contributed by atoms with Crippen molar-refractivity contribution in [1.29, 1.82) is 0 Å². The fourth-order valence-electron chi connectivity index (χ4n) is 1.39. The molecule has 3 nitrogen and oxygen atoms in total. The van der Waals surface area contributed by atoms with Crippen LogP contribution < -0.4 is 4.90 Å². The molecule has 0 bridgehead atoms. The highest BCUT2D eigenvalue weighted by Crippen LogP contribution is 2.31. The lowest BCUT2D eigenvalue weighted by Crippen LogP contribution is -2.26. The third-order valence-corrected chi connectivity index (χ3v) is 2.16. The van der Waals surface area contributed by atoms with Crippen LogP contribution in [-0.4, -0.2) is 17.4 Å². The van der Waals surface area contributed by atoms with Crippen LogP contribution in [0, 0.1) is 0 Å². The summed E-state index contributed by atoms with van der Waals surface area (Å²) >= 11 is 0. The molecule has 6 heteroatoms. The van der Waals surface area contributed by atoms with Crippen LogP contribution in [0.15, 0.2) is 30.5 Å². The van der Waals surface area contributed by atoms with Gasteiger partial charge in [0.15, 0.2) is 0 Å². The molecule has 0 aliphatic carbocycles. The summed E-state index contributed by atoms with van der Waals surface area (Å²) in [5.41, 5.74) is -0.808. The molecule has 0 atom stereocenters. The monoisotopic (exact) mass is 228 g/mol. The minimum absolute atomic E-state index is 0.0184. The van der Waals surface area contributed by atoms with E-state index in [1.807, 2.05) is 0 Å². The van der Waals surface area contributed by atoms with Crippen LogP contribution in [0.4, 0.5) is 19.0 Å². The lowest BCUT2D eigenvalue weighted by molar-refractivity contribution is -0.137. The summed E-state index contributed by atoms with van der Waals surface area (Å²) in [5.74, 6) is -0.336. The van der Waals surface area contributed by atoms with Crippen LogP contribution in [0.25, 0.3) is 0 Å². The van der Waals surface area contributed by atoms with Gasteiger partial charge in [0.25, 0.3) is 5.91 Å². The second-order valence-electron chi connectivity index (χ2n) is 3.25. The van der Waals surface area contributed by atoms with Gasteiger partial charge in [-0.25, -0.2) is 4.98 Å². The Bertz CT molecular complexity index is 454. The number of hydrogen-bond donors (Lipinski definition) is 0. The number of pyridine rings is 1. The van der Waals surface area contributed by atoms with Crippen molar-refractivity contribution in [3.63, 3.8) is 0 Å². The summed E-state index contributed by atoms with van der Waals surface area (Å²) in [6.07, 6.45) is -0.496. The van der Waals surface area contributed by atoms with Crippen LogP contribution >= 0.6 is 0 Å². The summed E-state index contributed by atoms with van der Waals surface area (Å²) in [6, 6.07) is 1.74. The molecule has 0 fully saturated rings. The largest absolute Gasteiger partial charge is 0.416 e. The zero-order valence-electron chi connectivity index (χ0n) is 8.03. The Morgan fingerprint density at radius 3 is 2.69 bits per heavy atom. The molecule has 0 unspecified atom stereocenters. The molecule has 0 saturated heterocycles. The van der Waals surface area contributed by atoms with Gasteiger partial charge in [-0.2, -0.15) is 13.2 Å². The van der Waals surface area contributed by atoms with Crippen LogP contribution in [0.3, 0.4) is 0 Å². The van der Waals surface area contributed by atoms with E-state index in [0.29, 0.717) is 0 Å². The van der Waals surface area contributed by atoms with E-state index >= 15 is 0 Å². The van der Waals surface area contributed by atoms with Gasteiger partial charge in [-0.1, -0.05) is 6.08 Å². The molecule has 0 saturated carbocycles. The predicted molar refractivity (Wildman–Crippen MR) is 50.7 cm³/mol. The van der Waals surface area contributed by atoms with Gasteiger partial charge in [0, 0.05) is 18.8 Å². The fraction of sp³-hybridized carbons (Fsp3) is 0.200. The zero-order valence-corrected chi connectivity index (χ0v) is 8.03. The molecule has 1 aliphatic rings. The van der Waals surface area contributed by atoms with Gasteiger partial charge < -0.3 is 0 Å². The smallest absolute Gasteiger partial charge is 0.289 e. The number of amides is 1. The van der Waals surface area contributed by atoms with E-state index < -0.39 is 11.7 Å². The highest BCUT2D eigenvalue weighted by Gasteiger charge is 2.31. The van der Waals surface area contributed by atoms with Gasteiger partial charge in [-0.3, -0.25) is 9.69 Å². The second-order valence-corrected chi connectivity index (χ2v) is 3.25. The maximum atomic E-state index is 12.4. The first-order valence-electron chi connectivity index (χ1n) is 4.50.